The maximum Gasteiger partial charge on any atom is 0.273 e. The summed E-state index contributed by atoms with van der Waals surface area (Å²) in [6, 6.07) is 6.33. The zero-order valence-electron chi connectivity index (χ0n) is 21.7. The SMILES string of the molecule is [2H]C([2H])([2H])NC(=O)c1nnc(NC(=O)C2CC2)cc1Nc1cccc(-c2noc(C(C)(C)O)n2)c1OC. The van der Waals surface area contributed by atoms with Gasteiger partial charge in [-0.2, -0.15) is 4.98 Å². The van der Waals surface area contributed by atoms with Crippen molar-refractivity contribution in [3.63, 3.8) is 0 Å². The lowest BCUT2D eigenvalue weighted by Gasteiger charge is -2.16. The third kappa shape index (κ3) is 4.81. The highest BCUT2D eigenvalue weighted by Gasteiger charge is 2.30. The molecule has 0 atom stereocenters. The van der Waals surface area contributed by atoms with Gasteiger partial charge in [0.05, 0.1) is 24.0 Å². The van der Waals surface area contributed by atoms with E-state index in [1.165, 1.54) is 27.0 Å². The van der Waals surface area contributed by atoms with Crippen molar-refractivity contribution in [3.8, 4) is 17.1 Å². The van der Waals surface area contributed by atoms with Gasteiger partial charge in [0, 0.05) is 23.1 Å². The Balaban J connectivity index is 1.72. The molecule has 0 aliphatic heterocycles. The predicted molar refractivity (Wildman–Crippen MR) is 122 cm³/mol. The Morgan fingerprint density at radius 2 is 2.06 bits per heavy atom. The number of methoxy groups -OCH3 is 1. The number of anilines is 3. The van der Waals surface area contributed by atoms with Gasteiger partial charge in [0.15, 0.2) is 17.3 Å². The summed E-state index contributed by atoms with van der Waals surface area (Å²) in [5.74, 6) is -0.847. The molecule has 3 aromatic rings. The first-order valence-electron chi connectivity index (χ1n) is 11.9. The summed E-state index contributed by atoms with van der Waals surface area (Å²) >= 11 is 0. The molecule has 1 fully saturated rings. The fraction of sp³-hybridized carbons (Fsp3) is 0.364. The second-order valence-corrected chi connectivity index (χ2v) is 8.20. The largest absolute Gasteiger partial charge is 0.494 e. The van der Waals surface area contributed by atoms with Gasteiger partial charge in [-0.3, -0.25) is 9.59 Å². The molecule has 4 rings (SSSR count). The van der Waals surface area contributed by atoms with Gasteiger partial charge in [-0.15, -0.1) is 10.2 Å². The lowest BCUT2D eigenvalue weighted by atomic mass is 10.1. The zero-order valence-corrected chi connectivity index (χ0v) is 18.7. The van der Waals surface area contributed by atoms with E-state index in [1.54, 1.807) is 18.2 Å². The van der Waals surface area contributed by atoms with Crippen molar-refractivity contribution in [2.45, 2.75) is 32.3 Å². The molecule has 12 nitrogen and oxygen atoms in total. The van der Waals surface area contributed by atoms with Crippen LogP contribution in [0.5, 0.6) is 5.75 Å². The highest BCUT2D eigenvalue weighted by atomic mass is 16.5. The molecule has 1 saturated carbocycles. The lowest BCUT2D eigenvalue weighted by Crippen LogP contribution is -2.22. The number of carbonyl (C=O) groups is 2. The molecule has 1 aliphatic rings. The van der Waals surface area contributed by atoms with Gasteiger partial charge in [0.2, 0.25) is 11.7 Å². The summed E-state index contributed by atoms with van der Waals surface area (Å²) in [7, 11) is 1.41. The Morgan fingerprint density at radius 3 is 2.71 bits per heavy atom. The second kappa shape index (κ2) is 9.06. The van der Waals surface area contributed by atoms with Crippen LogP contribution in [-0.4, -0.2) is 51.3 Å². The van der Waals surface area contributed by atoms with E-state index in [0.717, 1.165) is 12.8 Å². The van der Waals surface area contributed by atoms with Crippen LogP contribution >= 0.6 is 0 Å². The molecule has 2 heterocycles. The van der Waals surface area contributed by atoms with Crippen LogP contribution in [0.2, 0.25) is 0 Å². The van der Waals surface area contributed by atoms with Crippen molar-refractivity contribution >= 4 is 29.0 Å². The molecular weight excluding hydrogens is 442 g/mol. The van der Waals surface area contributed by atoms with Crippen LogP contribution < -0.4 is 20.7 Å². The summed E-state index contributed by atoms with van der Waals surface area (Å²) in [6.45, 7) is 0.242. The number of para-hydroxylation sites is 1. The Hall–Kier alpha value is -4.06. The maximum absolute atomic E-state index is 12.7. The highest BCUT2D eigenvalue weighted by Crippen LogP contribution is 2.38. The van der Waals surface area contributed by atoms with Gasteiger partial charge in [-0.25, -0.2) is 0 Å². The van der Waals surface area contributed by atoms with Crippen molar-refractivity contribution in [1.29, 1.82) is 0 Å². The van der Waals surface area contributed by atoms with Crippen LogP contribution in [0.1, 0.15) is 47.2 Å². The number of nitrogens with zero attached hydrogens (tertiary/aromatic N) is 4. The van der Waals surface area contributed by atoms with Crippen molar-refractivity contribution in [2.24, 2.45) is 5.92 Å². The Labute approximate surface area is 199 Å². The monoisotopic (exact) mass is 470 g/mol. The minimum Gasteiger partial charge on any atom is -0.494 e. The van der Waals surface area contributed by atoms with Crippen molar-refractivity contribution in [3.05, 3.63) is 35.9 Å². The van der Waals surface area contributed by atoms with E-state index in [9.17, 15) is 14.7 Å². The number of hydrogen-bond donors (Lipinski definition) is 4. The van der Waals surface area contributed by atoms with Crippen LogP contribution in [-0.2, 0) is 10.4 Å². The first-order valence-corrected chi connectivity index (χ1v) is 10.4. The summed E-state index contributed by atoms with van der Waals surface area (Å²) in [5, 5.41) is 29.3. The van der Waals surface area contributed by atoms with E-state index in [2.05, 4.69) is 31.0 Å². The molecule has 2 amide bonds. The fourth-order valence-electron chi connectivity index (χ4n) is 3.11. The van der Waals surface area contributed by atoms with Gasteiger partial charge < -0.3 is 30.3 Å². The minimum absolute atomic E-state index is 0.000850. The molecule has 0 saturated heterocycles. The molecule has 0 spiro atoms. The summed E-state index contributed by atoms with van der Waals surface area (Å²) in [4.78, 5) is 29.1. The van der Waals surface area contributed by atoms with Crippen LogP contribution in [0.15, 0.2) is 28.8 Å². The van der Waals surface area contributed by atoms with E-state index in [-0.39, 0.29) is 46.5 Å². The molecule has 0 radical (unpaired) electrons. The quantitative estimate of drug-likeness (QED) is 0.383. The van der Waals surface area contributed by atoms with Crippen molar-refractivity contribution < 1.29 is 28.1 Å². The number of nitrogens with one attached hydrogen (secondary N) is 3. The third-order valence-corrected chi connectivity index (χ3v) is 5.00. The standard InChI is InChI=1S/C22H25N7O5/c1-22(2,32)21-26-18(29-34-21)12-6-5-7-13(17(12)33-4)24-14-10-15(25-19(30)11-8-9-11)27-28-16(14)20(31)23-3/h5-7,10-11,32H,8-9H2,1-4H3,(H,23,31)(H2,24,25,27,30)/i3D3. The summed E-state index contributed by atoms with van der Waals surface area (Å²) < 4.78 is 32.8. The molecule has 178 valence electrons. The van der Waals surface area contributed by atoms with Crippen LogP contribution in [0.3, 0.4) is 0 Å². The Morgan fingerprint density at radius 1 is 1.26 bits per heavy atom. The van der Waals surface area contributed by atoms with E-state index < -0.39 is 18.5 Å². The van der Waals surface area contributed by atoms with Gasteiger partial charge in [0.25, 0.3) is 11.8 Å². The predicted octanol–water partition coefficient (Wildman–Crippen LogP) is 2.21. The molecule has 1 aromatic carbocycles. The van der Waals surface area contributed by atoms with Crippen LogP contribution in [0, 0.1) is 5.92 Å². The average molecular weight is 471 g/mol. The van der Waals surface area contributed by atoms with E-state index in [0.29, 0.717) is 11.3 Å². The summed E-state index contributed by atoms with van der Waals surface area (Å²) in [6.07, 6.45) is 1.55. The number of ether oxygens (including phenoxy) is 1. The lowest BCUT2D eigenvalue weighted by molar-refractivity contribution is -0.117. The normalized spacial score (nSPS) is 15.0. The third-order valence-electron chi connectivity index (χ3n) is 5.00. The molecule has 12 heteroatoms. The Bertz CT molecular complexity index is 1330. The maximum atomic E-state index is 12.7. The van der Waals surface area contributed by atoms with Gasteiger partial charge in [-0.1, -0.05) is 11.2 Å². The Kier molecular flexibility index (Phi) is 5.17. The highest BCUT2D eigenvalue weighted by molar-refractivity contribution is 6.00. The van der Waals surface area contributed by atoms with E-state index in [4.69, 9.17) is 13.4 Å². The first-order chi connectivity index (χ1) is 17.4. The second-order valence-electron chi connectivity index (χ2n) is 8.20. The number of carbonyl (C=O) groups excluding carboxylic acids is 2. The molecule has 0 bridgehead atoms. The van der Waals surface area contributed by atoms with Crippen molar-refractivity contribution in [1.82, 2.24) is 25.7 Å². The number of hydrogen-bond acceptors (Lipinski definition) is 10. The van der Waals surface area contributed by atoms with Crippen LogP contribution in [0.4, 0.5) is 17.2 Å². The molecule has 0 unspecified atom stereocenters. The fourth-order valence-corrected chi connectivity index (χ4v) is 3.11. The van der Waals surface area contributed by atoms with Crippen molar-refractivity contribution in [2.75, 3.05) is 24.7 Å². The molecule has 2 aromatic heterocycles. The van der Waals surface area contributed by atoms with E-state index >= 15 is 0 Å². The number of aromatic nitrogens is 4. The first kappa shape index (κ1) is 19.4. The van der Waals surface area contributed by atoms with Gasteiger partial charge in [0.1, 0.15) is 5.60 Å². The van der Waals surface area contributed by atoms with Gasteiger partial charge in [-0.05, 0) is 38.8 Å². The van der Waals surface area contributed by atoms with E-state index in [1.807, 2.05) is 5.32 Å². The topological polar surface area (TPSA) is 164 Å². The summed E-state index contributed by atoms with van der Waals surface area (Å²) in [5.41, 5.74) is -0.876. The van der Waals surface area contributed by atoms with Gasteiger partial charge >= 0.3 is 0 Å². The molecule has 34 heavy (non-hydrogen) atoms. The molecule has 4 N–H and O–H groups in total. The average Bonchev–Trinajstić information content (AvgIpc) is 3.53. The smallest absolute Gasteiger partial charge is 0.273 e. The molecular formula is C22H25N7O5. The number of benzene rings is 1. The minimum atomic E-state index is -2.76. The number of aliphatic hydroxyl groups is 1. The number of rotatable bonds is 8. The zero-order chi connectivity index (χ0) is 27.0. The number of amides is 2. The van der Waals surface area contributed by atoms with Crippen LogP contribution in [0.25, 0.3) is 11.4 Å². The molecule has 1 aliphatic carbocycles.